The Bertz CT molecular complexity index is 117. The van der Waals surface area contributed by atoms with Gasteiger partial charge >= 0.3 is 5.97 Å². The van der Waals surface area contributed by atoms with Crippen LogP contribution in [0.1, 0.15) is 6.92 Å². The summed E-state index contributed by atoms with van der Waals surface area (Å²) >= 11 is 0. The zero-order chi connectivity index (χ0) is 6.15. The minimum Gasteiger partial charge on any atom is -0.448 e. The van der Waals surface area contributed by atoms with Crippen molar-refractivity contribution in [3.05, 3.63) is 0 Å². The molecular formula is C4H8NO2P. The van der Waals surface area contributed by atoms with E-state index in [1.54, 1.807) is 4.67 Å². The number of esters is 1. The molecule has 1 aliphatic heterocycles. The molecule has 2 unspecified atom stereocenters. The van der Waals surface area contributed by atoms with Gasteiger partial charge in [0.15, 0.2) is 0 Å². The Morgan fingerprint density at radius 3 is 2.75 bits per heavy atom. The summed E-state index contributed by atoms with van der Waals surface area (Å²) in [7, 11) is 2.42. The highest BCUT2D eigenvalue weighted by Crippen LogP contribution is 2.13. The van der Waals surface area contributed by atoms with Gasteiger partial charge in [-0.25, -0.2) is 4.67 Å². The fraction of sp³-hybridized carbons (Fsp3) is 0.750. The highest BCUT2D eigenvalue weighted by molar-refractivity contribution is 7.13. The number of hydrogen-bond acceptors (Lipinski definition) is 3. The Kier molecular flexibility index (Phi) is 1.49. The maximum absolute atomic E-state index is 10.5. The second kappa shape index (κ2) is 2.00. The van der Waals surface area contributed by atoms with E-state index in [9.17, 15) is 4.79 Å². The van der Waals surface area contributed by atoms with Crippen molar-refractivity contribution in [2.75, 3.05) is 6.73 Å². The molecule has 4 heteroatoms. The van der Waals surface area contributed by atoms with E-state index in [1.807, 2.05) is 6.92 Å². The number of ether oxygens (including phenoxy) is 1. The summed E-state index contributed by atoms with van der Waals surface area (Å²) in [6, 6.07) is -0.0833. The summed E-state index contributed by atoms with van der Waals surface area (Å²) < 4.78 is 6.41. The molecule has 0 radical (unpaired) electrons. The summed E-state index contributed by atoms with van der Waals surface area (Å²) in [6.45, 7) is 2.22. The van der Waals surface area contributed by atoms with E-state index in [0.717, 1.165) is 0 Å². The first kappa shape index (κ1) is 5.99. The zero-order valence-corrected chi connectivity index (χ0v) is 5.78. The Labute approximate surface area is 50.2 Å². The predicted molar refractivity (Wildman–Crippen MR) is 32.0 cm³/mol. The molecule has 46 valence electrons. The first-order valence-electron chi connectivity index (χ1n) is 2.40. The molecule has 8 heavy (non-hydrogen) atoms. The van der Waals surface area contributed by atoms with Crippen LogP contribution in [0.2, 0.25) is 0 Å². The Hall–Kier alpha value is -0.140. The molecule has 0 saturated carbocycles. The van der Waals surface area contributed by atoms with Gasteiger partial charge in [-0.05, 0) is 6.92 Å². The number of rotatable bonds is 0. The van der Waals surface area contributed by atoms with Crippen molar-refractivity contribution in [1.82, 2.24) is 4.67 Å². The van der Waals surface area contributed by atoms with Crippen LogP contribution in [-0.4, -0.2) is 23.4 Å². The molecule has 0 aromatic rings. The largest absolute Gasteiger partial charge is 0.448 e. The monoisotopic (exact) mass is 133 g/mol. The molecule has 0 aliphatic carbocycles. The van der Waals surface area contributed by atoms with Gasteiger partial charge in [-0.3, -0.25) is 4.79 Å². The molecule has 0 amide bonds. The van der Waals surface area contributed by atoms with Crippen LogP contribution in [-0.2, 0) is 9.53 Å². The van der Waals surface area contributed by atoms with Crippen LogP contribution >= 0.6 is 9.39 Å². The molecule has 0 bridgehead atoms. The van der Waals surface area contributed by atoms with Crippen molar-refractivity contribution in [1.29, 1.82) is 0 Å². The first-order valence-corrected chi connectivity index (χ1v) is 2.91. The number of cyclic esters (lactones) is 1. The molecule has 1 rings (SSSR count). The Morgan fingerprint density at radius 1 is 2.00 bits per heavy atom. The quantitative estimate of drug-likeness (QED) is 0.343. The van der Waals surface area contributed by atoms with Gasteiger partial charge in [-0.15, -0.1) is 0 Å². The van der Waals surface area contributed by atoms with E-state index < -0.39 is 0 Å². The lowest BCUT2D eigenvalue weighted by Gasteiger charge is -2.05. The molecule has 3 nitrogen and oxygen atoms in total. The number of nitrogens with zero attached hydrogens (tertiary/aromatic N) is 1. The van der Waals surface area contributed by atoms with Crippen molar-refractivity contribution in [2.45, 2.75) is 13.0 Å². The molecule has 1 aliphatic rings. The molecule has 1 saturated heterocycles. The summed E-state index contributed by atoms with van der Waals surface area (Å²) in [6.07, 6.45) is 0. The summed E-state index contributed by atoms with van der Waals surface area (Å²) in [4.78, 5) is 10.5. The number of hydrogen-bond donors (Lipinski definition) is 0. The lowest BCUT2D eigenvalue weighted by molar-refractivity contribution is -0.138. The highest BCUT2D eigenvalue weighted by atomic mass is 31.0. The van der Waals surface area contributed by atoms with E-state index >= 15 is 0 Å². The minimum absolute atomic E-state index is 0.0833. The second-order valence-electron chi connectivity index (χ2n) is 1.78. The van der Waals surface area contributed by atoms with Crippen molar-refractivity contribution < 1.29 is 9.53 Å². The fourth-order valence-electron chi connectivity index (χ4n) is 0.506. The van der Waals surface area contributed by atoms with E-state index in [2.05, 4.69) is 14.1 Å². The van der Waals surface area contributed by atoms with E-state index in [4.69, 9.17) is 0 Å². The zero-order valence-electron chi connectivity index (χ0n) is 4.63. The van der Waals surface area contributed by atoms with Crippen LogP contribution in [0, 0.1) is 0 Å². The highest BCUT2D eigenvalue weighted by Gasteiger charge is 2.26. The van der Waals surface area contributed by atoms with Gasteiger partial charge in [0.05, 0.1) is 0 Å². The molecular weight excluding hydrogens is 125 g/mol. The van der Waals surface area contributed by atoms with Crippen LogP contribution in [0.25, 0.3) is 0 Å². The van der Waals surface area contributed by atoms with Crippen molar-refractivity contribution in [2.24, 2.45) is 0 Å². The predicted octanol–water partition coefficient (Wildman–Crippen LogP) is -0.0187. The molecule has 0 spiro atoms. The standard InChI is InChI=1S/C4H8NO2P/c1-3-4(6)7-2-5(3)8/h3H,2,8H2,1H3. The van der Waals surface area contributed by atoms with Crippen LogP contribution < -0.4 is 0 Å². The van der Waals surface area contributed by atoms with Gasteiger partial charge in [-0.1, -0.05) is 9.39 Å². The maximum Gasteiger partial charge on any atom is 0.324 e. The third-order valence-electron chi connectivity index (χ3n) is 1.19. The van der Waals surface area contributed by atoms with Crippen molar-refractivity contribution in [3.8, 4) is 0 Å². The third kappa shape index (κ3) is 0.837. The van der Waals surface area contributed by atoms with Gasteiger partial charge in [0, 0.05) is 0 Å². The lowest BCUT2D eigenvalue weighted by Crippen LogP contribution is -2.20. The summed E-state index contributed by atoms with van der Waals surface area (Å²) in [5.41, 5.74) is 0. The summed E-state index contributed by atoms with van der Waals surface area (Å²) in [5, 5.41) is 0. The lowest BCUT2D eigenvalue weighted by atomic mass is 10.4. The normalized spacial score (nSPS) is 30.8. The third-order valence-corrected chi connectivity index (χ3v) is 1.79. The topological polar surface area (TPSA) is 29.5 Å². The van der Waals surface area contributed by atoms with Crippen molar-refractivity contribution >= 4 is 15.4 Å². The molecule has 0 N–H and O–H groups in total. The van der Waals surface area contributed by atoms with E-state index in [0.29, 0.717) is 6.73 Å². The first-order chi connectivity index (χ1) is 3.72. The van der Waals surface area contributed by atoms with Gasteiger partial charge < -0.3 is 4.74 Å². The average molecular weight is 133 g/mol. The van der Waals surface area contributed by atoms with Gasteiger partial charge in [0.1, 0.15) is 12.8 Å². The summed E-state index contributed by atoms with van der Waals surface area (Å²) in [5.74, 6) is -0.139. The molecule has 2 atom stereocenters. The van der Waals surface area contributed by atoms with Gasteiger partial charge in [-0.2, -0.15) is 0 Å². The number of carbonyl (C=O) groups excluding carboxylic acids is 1. The van der Waals surface area contributed by atoms with E-state index in [-0.39, 0.29) is 12.0 Å². The van der Waals surface area contributed by atoms with Gasteiger partial charge in [0.2, 0.25) is 0 Å². The van der Waals surface area contributed by atoms with Crippen LogP contribution in [0.15, 0.2) is 0 Å². The van der Waals surface area contributed by atoms with E-state index in [1.165, 1.54) is 0 Å². The Balaban J connectivity index is 2.56. The SMILES string of the molecule is CC1C(=O)OCN1P. The van der Waals surface area contributed by atoms with Crippen LogP contribution in [0.3, 0.4) is 0 Å². The average Bonchev–Trinajstić information content (AvgIpc) is 1.98. The molecule has 1 heterocycles. The smallest absolute Gasteiger partial charge is 0.324 e. The van der Waals surface area contributed by atoms with Crippen molar-refractivity contribution in [3.63, 3.8) is 0 Å². The molecule has 0 aromatic carbocycles. The fourth-order valence-corrected chi connectivity index (χ4v) is 0.702. The number of carbonyl (C=O) groups is 1. The molecule has 0 aromatic heterocycles. The molecule has 1 fully saturated rings. The van der Waals surface area contributed by atoms with Crippen LogP contribution in [0.4, 0.5) is 0 Å². The van der Waals surface area contributed by atoms with Crippen LogP contribution in [0.5, 0.6) is 0 Å². The maximum atomic E-state index is 10.5. The minimum atomic E-state index is -0.139. The Morgan fingerprint density at radius 2 is 2.62 bits per heavy atom. The van der Waals surface area contributed by atoms with Gasteiger partial charge in [0.25, 0.3) is 0 Å². The second-order valence-corrected chi connectivity index (χ2v) is 2.45.